The fourth-order valence-corrected chi connectivity index (χ4v) is 1.57. The number of thiocarbonyl (C=S) groups is 1. The van der Waals surface area contributed by atoms with Gasteiger partial charge < -0.3 is 14.8 Å². The van der Waals surface area contributed by atoms with Gasteiger partial charge in [0, 0.05) is 13.5 Å². The second-order valence-electron chi connectivity index (χ2n) is 3.37. The lowest BCUT2D eigenvalue weighted by molar-refractivity contribution is -0.153. The zero-order valence-corrected chi connectivity index (χ0v) is 10.6. The van der Waals surface area contributed by atoms with Crippen LogP contribution in [-0.4, -0.2) is 31.4 Å². The Bertz CT molecular complexity index is 381. The number of carbonyl (C=O) groups excluding carboxylic acids is 1. The van der Waals surface area contributed by atoms with Crippen molar-refractivity contribution in [3.05, 3.63) is 35.9 Å². The van der Waals surface area contributed by atoms with E-state index in [0.717, 1.165) is 5.56 Å². The maximum atomic E-state index is 11.3. The molecule has 0 aromatic heterocycles. The van der Waals surface area contributed by atoms with E-state index in [4.69, 9.17) is 17.0 Å². The van der Waals surface area contributed by atoms with Gasteiger partial charge in [0.2, 0.25) is 6.23 Å². The molecule has 0 spiro atoms. The highest BCUT2D eigenvalue weighted by atomic mass is 32.1. The van der Waals surface area contributed by atoms with Gasteiger partial charge in [-0.3, -0.25) is 0 Å². The first-order valence-corrected chi connectivity index (χ1v) is 5.52. The van der Waals surface area contributed by atoms with Crippen LogP contribution in [0.15, 0.2) is 30.3 Å². The lowest BCUT2D eigenvalue weighted by Crippen LogP contribution is -2.42. The molecule has 0 aliphatic heterocycles. The molecule has 0 saturated heterocycles. The van der Waals surface area contributed by atoms with Crippen molar-refractivity contribution in [3.8, 4) is 0 Å². The van der Waals surface area contributed by atoms with Crippen LogP contribution in [0.25, 0.3) is 0 Å². The van der Waals surface area contributed by atoms with E-state index < -0.39 is 12.2 Å². The topological polar surface area (TPSA) is 47.6 Å². The molecule has 1 aromatic rings. The van der Waals surface area contributed by atoms with Gasteiger partial charge in [0.05, 0.1) is 12.1 Å². The zero-order chi connectivity index (χ0) is 12.7. The lowest BCUT2D eigenvalue weighted by Gasteiger charge is -2.16. The van der Waals surface area contributed by atoms with E-state index in [1.807, 2.05) is 30.3 Å². The van der Waals surface area contributed by atoms with Gasteiger partial charge in [-0.2, -0.15) is 0 Å². The monoisotopic (exact) mass is 253 g/mol. The molecular formula is C12H15NO3S. The third-order valence-electron chi connectivity index (χ3n) is 2.15. The molecule has 17 heavy (non-hydrogen) atoms. The molecule has 0 aliphatic rings. The normalized spacial score (nSPS) is 11.6. The maximum absolute atomic E-state index is 11.3. The molecule has 0 fully saturated rings. The van der Waals surface area contributed by atoms with E-state index in [1.165, 1.54) is 14.2 Å². The van der Waals surface area contributed by atoms with Crippen molar-refractivity contribution in [2.45, 2.75) is 12.6 Å². The predicted octanol–water partition coefficient (Wildman–Crippen LogP) is 1.29. The highest BCUT2D eigenvalue weighted by Gasteiger charge is 2.18. The highest BCUT2D eigenvalue weighted by molar-refractivity contribution is 7.80. The molecule has 0 heterocycles. The average Bonchev–Trinajstić information content (AvgIpc) is 2.36. The van der Waals surface area contributed by atoms with Crippen LogP contribution in [0.4, 0.5) is 0 Å². The van der Waals surface area contributed by atoms with Crippen LogP contribution in [0.1, 0.15) is 5.56 Å². The Morgan fingerprint density at radius 1 is 1.35 bits per heavy atom. The summed E-state index contributed by atoms with van der Waals surface area (Å²) in [6.07, 6.45) is -0.288. The number of methoxy groups -OCH3 is 2. The minimum atomic E-state index is -0.851. The molecule has 1 atom stereocenters. The first kappa shape index (κ1) is 13.6. The van der Waals surface area contributed by atoms with Gasteiger partial charge in [-0.05, 0) is 5.56 Å². The molecule has 1 unspecified atom stereocenters. The standard InChI is InChI=1S/C12H15NO3S/c1-15-11(12(14)16-2)13-10(17)8-9-6-4-3-5-7-9/h3-7,11H,8H2,1-2H3,(H,13,17). The number of ether oxygens (including phenoxy) is 2. The molecule has 4 nitrogen and oxygen atoms in total. The summed E-state index contributed by atoms with van der Waals surface area (Å²) < 4.78 is 9.51. The van der Waals surface area contributed by atoms with E-state index in [0.29, 0.717) is 11.4 Å². The summed E-state index contributed by atoms with van der Waals surface area (Å²) in [5, 5.41) is 2.80. The molecule has 5 heteroatoms. The van der Waals surface area contributed by atoms with Gasteiger partial charge in [0.25, 0.3) is 0 Å². The van der Waals surface area contributed by atoms with Crippen molar-refractivity contribution < 1.29 is 14.3 Å². The summed E-state index contributed by atoms with van der Waals surface area (Å²) in [4.78, 5) is 11.8. The van der Waals surface area contributed by atoms with E-state index in [-0.39, 0.29) is 0 Å². The van der Waals surface area contributed by atoms with Crippen molar-refractivity contribution in [3.63, 3.8) is 0 Å². The number of esters is 1. The van der Waals surface area contributed by atoms with Crippen molar-refractivity contribution in [2.24, 2.45) is 0 Å². The van der Waals surface area contributed by atoms with E-state index in [2.05, 4.69) is 10.1 Å². The molecule has 0 bridgehead atoms. The van der Waals surface area contributed by atoms with Gasteiger partial charge in [0.15, 0.2) is 0 Å². The third kappa shape index (κ3) is 4.50. The largest absolute Gasteiger partial charge is 0.466 e. The number of hydrogen-bond acceptors (Lipinski definition) is 4. The molecule has 0 radical (unpaired) electrons. The summed E-state index contributed by atoms with van der Waals surface area (Å²) in [5.41, 5.74) is 1.07. The molecule has 0 amide bonds. The molecule has 1 rings (SSSR count). The molecular weight excluding hydrogens is 238 g/mol. The van der Waals surface area contributed by atoms with Crippen LogP contribution >= 0.6 is 12.2 Å². The van der Waals surface area contributed by atoms with Crippen molar-refractivity contribution in [2.75, 3.05) is 14.2 Å². The van der Waals surface area contributed by atoms with Gasteiger partial charge in [0.1, 0.15) is 0 Å². The van der Waals surface area contributed by atoms with Crippen LogP contribution in [0.3, 0.4) is 0 Å². The summed E-state index contributed by atoms with van der Waals surface area (Å²) >= 11 is 5.15. The van der Waals surface area contributed by atoms with Gasteiger partial charge in [-0.1, -0.05) is 42.5 Å². The fourth-order valence-electron chi connectivity index (χ4n) is 1.30. The summed E-state index contributed by atoms with van der Waals surface area (Å²) in [7, 11) is 2.72. The smallest absolute Gasteiger partial charge is 0.356 e. The Labute approximate surface area is 106 Å². The Hall–Kier alpha value is -1.46. The predicted molar refractivity (Wildman–Crippen MR) is 68.7 cm³/mol. The molecule has 1 aromatic carbocycles. The molecule has 0 aliphatic carbocycles. The minimum Gasteiger partial charge on any atom is -0.466 e. The van der Waals surface area contributed by atoms with Crippen LogP contribution < -0.4 is 5.32 Å². The second kappa shape index (κ2) is 6.98. The number of benzene rings is 1. The summed E-state index contributed by atoms with van der Waals surface area (Å²) in [6.45, 7) is 0. The third-order valence-corrected chi connectivity index (χ3v) is 2.41. The Kier molecular flexibility index (Phi) is 5.59. The number of hydrogen-bond donors (Lipinski definition) is 1. The fraction of sp³-hybridized carbons (Fsp3) is 0.333. The van der Waals surface area contributed by atoms with Gasteiger partial charge in [-0.25, -0.2) is 4.79 Å². The number of carbonyl (C=O) groups is 1. The maximum Gasteiger partial charge on any atom is 0.356 e. The zero-order valence-electron chi connectivity index (χ0n) is 9.80. The van der Waals surface area contributed by atoms with Gasteiger partial charge in [-0.15, -0.1) is 0 Å². The Morgan fingerprint density at radius 2 is 2.00 bits per heavy atom. The SMILES string of the molecule is COC(=O)C(NC(=S)Cc1ccccc1)OC. The van der Waals surface area contributed by atoms with Crippen LogP contribution in [0.5, 0.6) is 0 Å². The van der Waals surface area contributed by atoms with E-state index >= 15 is 0 Å². The molecule has 92 valence electrons. The summed E-state index contributed by atoms with van der Waals surface area (Å²) in [5.74, 6) is -0.497. The number of rotatable bonds is 5. The molecule has 0 saturated carbocycles. The van der Waals surface area contributed by atoms with Crippen LogP contribution in [0, 0.1) is 0 Å². The first-order valence-electron chi connectivity index (χ1n) is 5.11. The number of nitrogens with one attached hydrogen (secondary N) is 1. The van der Waals surface area contributed by atoms with Crippen molar-refractivity contribution >= 4 is 23.2 Å². The average molecular weight is 253 g/mol. The van der Waals surface area contributed by atoms with Crippen molar-refractivity contribution in [1.29, 1.82) is 0 Å². The lowest BCUT2D eigenvalue weighted by atomic mass is 10.1. The first-order chi connectivity index (χ1) is 8.17. The second-order valence-corrected chi connectivity index (χ2v) is 3.86. The minimum absolute atomic E-state index is 0.497. The molecule has 1 N–H and O–H groups in total. The van der Waals surface area contributed by atoms with Crippen LogP contribution in [0.2, 0.25) is 0 Å². The van der Waals surface area contributed by atoms with Gasteiger partial charge >= 0.3 is 5.97 Å². The highest BCUT2D eigenvalue weighted by Crippen LogP contribution is 2.01. The quantitative estimate of drug-likeness (QED) is 0.487. The van der Waals surface area contributed by atoms with E-state index in [1.54, 1.807) is 0 Å². The van der Waals surface area contributed by atoms with Crippen LogP contribution in [-0.2, 0) is 20.7 Å². The Morgan fingerprint density at radius 3 is 2.53 bits per heavy atom. The van der Waals surface area contributed by atoms with E-state index in [9.17, 15) is 4.79 Å². The summed E-state index contributed by atoms with van der Waals surface area (Å²) in [6, 6.07) is 9.74. The Balaban J connectivity index is 2.51. The van der Waals surface area contributed by atoms with Crippen molar-refractivity contribution in [1.82, 2.24) is 5.32 Å².